The standard InChI is InChI=1S/C14H14ClNO3/c1-9-12(14(18)19)8-13(17)16(9)6-5-10-3-2-4-11(15)7-10/h2-4,7H,5-6,8H2,1H3,(H,18,19). The molecule has 0 saturated heterocycles. The largest absolute Gasteiger partial charge is 0.478 e. The Morgan fingerprint density at radius 1 is 1.47 bits per heavy atom. The molecule has 0 fully saturated rings. The second-order valence-corrected chi connectivity index (χ2v) is 4.91. The van der Waals surface area contributed by atoms with E-state index in [1.165, 1.54) is 4.90 Å². The maximum absolute atomic E-state index is 11.8. The molecular formula is C14H14ClNO3. The van der Waals surface area contributed by atoms with Crippen LogP contribution in [0.1, 0.15) is 18.9 Å². The third kappa shape index (κ3) is 2.96. The lowest BCUT2D eigenvalue weighted by molar-refractivity contribution is -0.134. The minimum absolute atomic E-state index is 0.0172. The summed E-state index contributed by atoms with van der Waals surface area (Å²) in [6.07, 6.45) is 0.632. The zero-order valence-electron chi connectivity index (χ0n) is 10.5. The van der Waals surface area contributed by atoms with Crippen LogP contribution < -0.4 is 0 Å². The second-order valence-electron chi connectivity index (χ2n) is 4.47. The van der Waals surface area contributed by atoms with Gasteiger partial charge in [0.1, 0.15) is 0 Å². The molecule has 1 heterocycles. The first-order valence-corrected chi connectivity index (χ1v) is 6.34. The smallest absolute Gasteiger partial charge is 0.333 e. The lowest BCUT2D eigenvalue weighted by Crippen LogP contribution is -2.26. The highest BCUT2D eigenvalue weighted by Crippen LogP contribution is 2.24. The predicted molar refractivity (Wildman–Crippen MR) is 71.8 cm³/mol. The highest BCUT2D eigenvalue weighted by molar-refractivity contribution is 6.30. The van der Waals surface area contributed by atoms with Crippen molar-refractivity contribution in [3.05, 3.63) is 46.1 Å². The fourth-order valence-corrected chi connectivity index (χ4v) is 2.39. The Labute approximate surface area is 116 Å². The molecule has 1 aromatic rings. The third-order valence-electron chi connectivity index (χ3n) is 3.24. The number of carboxylic acid groups (broad SMARTS) is 1. The summed E-state index contributed by atoms with van der Waals surface area (Å²) in [6, 6.07) is 7.43. The van der Waals surface area contributed by atoms with E-state index in [1.807, 2.05) is 18.2 Å². The maximum Gasteiger partial charge on any atom is 0.333 e. The van der Waals surface area contributed by atoms with E-state index >= 15 is 0 Å². The van der Waals surface area contributed by atoms with Gasteiger partial charge in [0.15, 0.2) is 0 Å². The number of amides is 1. The monoisotopic (exact) mass is 279 g/mol. The first kappa shape index (κ1) is 13.6. The van der Waals surface area contributed by atoms with Gasteiger partial charge in [-0.2, -0.15) is 0 Å². The van der Waals surface area contributed by atoms with Gasteiger partial charge >= 0.3 is 5.97 Å². The summed E-state index contributed by atoms with van der Waals surface area (Å²) >= 11 is 5.89. The summed E-state index contributed by atoms with van der Waals surface area (Å²) in [5.41, 5.74) is 1.76. The molecular weight excluding hydrogens is 266 g/mol. The molecule has 0 unspecified atom stereocenters. The molecule has 1 amide bonds. The van der Waals surface area contributed by atoms with Gasteiger partial charge in [-0.25, -0.2) is 4.79 Å². The minimum Gasteiger partial charge on any atom is -0.478 e. The van der Waals surface area contributed by atoms with Crippen molar-refractivity contribution in [2.45, 2.75) is 19.8 Å². The van der Waals surface area contributed by atoms with E-state index < -0.39 is 5.97 Å². The van der Waals surface area contributed by atoms with Gasteiger partial charge in [0.25, 0.3) is 0 Å². The van der Waals surface area contributed by atoms with Crippen LogP contribution in [0.5, 0.6) is 0 Å². The highest BCUT2D eigenvalue weighted by Gasteiger charge is 2.30. The van der Waals surface area contributed by atoms with Crippen molar-refractivity contribution >= 4 is 23.5 Å². The molecule has 0 spiro atoms. The van der Waals surface area contributed by atoms with E-state index in [2.05, 4.69) is 0 Å². The number of carbonyl (C=O) groups excluding carboxylic acids is 1. The fraction of sp³-hybridized carbons (Fsp3) is 0.286. The van der Waals surface area contributed by atoms with Gasteiger partial charge < -0.3 is 10.0 Å². The predicted octanol–water partition coefficient (Wildman–Crippen LogP) is 2.47. The summed E-state index contributed by atoms with van der Waals surface area (Å²) in [5.74, 6) is -1.17. The summed E-state index contributed by atoms with van der Waals surface area (Å²) in [7, 11) is 0. The zero-order valence-corrected chi connectivity index (χ0v) is 11.3. The van der Waals surface area contributed by atoms with Gasteiger partial charge in [0, 0.05) is 17.3 Å². The molecule has 0 aromatic heterocycles. The number of nitrogens with zero attached hydrogens (tertiary/aromatic N) is 1. The van der Waals surface area contributed by atoms with E-state index in [-0.39, 0.29) is 17.9 Å². The van der Waals surface area contributed by atoms with Crippen molar-refractivity contribution in [1.29, 1.82) is 0 Å². The fourth-order valence-electron chi connectivity index (χ4n) is 2.18. The average Bonchev–Trinajstić information content (AvgIpc) is 2.63. The van der Waals surface area contributed by atoms with Gasteiger partial charge in [0.05, 0.1) is 12.0 Å². The van der Waals surface area contributed by atoms with Crippen LogP contribution in [-0.2, 0) is 16.0 Å². The molecule has 0 saturated carbocycles. The Hall–Kier alpha value is -1.81. The molecule has 4 nitrogen and oxygen atoms in total. The molecule has 0 bridgehead atoms. The lowest BCUT2D eigenvalue weighted by Gasteiger charge is -2.17. The van der Waals surface area contributed by atoms with Crippen molar-refractivity contribution in [1.82, 2.24) is 4.90 Å². The van der Waals surface area contributed by atoms with E-state index in [9.17, 15) is 9.59 Å². The van der Waals surface area contributed by atoms with Gasteiger partial charge in [-0.1, -0.05) is 23.7 Å². The van der Waals surface area contributed by atoms with Crippen LogP contribution in [-0.4, -0.2) is 28.4 Å². The molecule has 19 heavy (non-hydrogen) atoms. The number of hydrogen-bond acceptors (Lipinski definition) is 2. The molecule has 100 valence electrons. The number of allylic oxidation sites excluding steroid dienone is 1. The van der Waals surface area contributed by atoms with Crippen molar-refractivity contribution in [2.75, 3.05) is 6.54 Å². The van der Waals surface area contributed by atoms with Crippen LogP contribution in [0.2, 0.25) is 5.02 Å². The summed E-state index contributed by atoms with van der Waals surface area (Å²) in [4.78, 5) is 24.3. The molecule has 0 atom stereocenters. The number of carboxylic acids is 1. The van der Waals surface area contributed by atoms with E-state index in [4.69, 9.17) is 16.7 Å². The first-order chi connectivity index (χ1) is 8.99. The molecule has 0 aliphatic carbocycles. The lowest BCUT2D eigenvalue weighted by atomic mass is 10.1. The van der Waals surface area contributed by atoms with Crippen molar-refractivity contribution in [3.63, 3.8) is 0 Å². The molecule has 2 rings (SSSR count). The Balaban J connectivity index is 2.07. The van der Waals surface area contributed by atoms with Crippen LogP contribution in [0, 0.1) is 0 Å². The third-order valence-corrected chi connectivity index (χ3v) is 3.48. The van der Waals surface area contributed by atoms with E-state index in [0.29, 0.717) is 23.7 Å². The molecule has 1 N–H and O–H groups in total. The van der Waals surface area contributed by atoms with Crippen LogP contribution in [0.4, 0.5) is 0 Å². The van der Waals surface area contributed by atoms with E-state index in [1.54, 1.807) is 13.0 Å². The van der Waals surface area contributed by atoms with Crippen molar-refractivity contribution in [3.8, 4) is 0 Å². The summed E-state index contributed by atoms with van der Waals surface area (Å²) < 4.78 is 0. The van der Waals surface area contributed by atoms with Crippen LogP contribution >= 0.6 is 11.6 Å². The number of hydrogen-bond donors (Lipinski definition) is 1. The topological polar surface area (TPSA) is 57.6 Å². The van der Waals surface area contributed by atoms with Crippen LogP contribution in [0.25, 0.3) is 0 Å². The second kappa shape index (κ2) is 5.45. The number of carbonyl (C=O) groups is 2. The van der Waals surface area contributed by atoms with E-state index in [0.717, 1.165) is 5.56 Å². The number of benzene rings is 1. The summed E-state index contributed by atoms with van der Waals surface area (Å²) in [5, 5.41) is 9.64. The quantitative estimate of drug-likeness (QED) is 0.921. The molecule has 1 aromatic carbocycles. The van der Waals surface area contributed by atoms with Gasteiger partial charge in [-0.15, -0.1) is 0 Å². The maximum atomic E-state index is 11.8. The summed E-state index contributed by atoms with van der Waals surface area (Å²) in [6.45, 7) is 2.15. The zero-order chi connectivity index (χ0) is 14.0. The van der Waals surface area contributed by atoms with Crippen molar-refractivity contribution < 1.29 is 14.7 Å². The Morgan fingerprint density at radius 2 is 2.21 bits per heavy atom. The average molecular weight is 280 g/mol. The van der Waals surface area contributed by atoms with Crippen molar-refractivity contribution in [2.24, 2.45) is 0 Å². The van der Waals surface area contributed by atoms with Crippen LogP contribution in [0.3, 0.4) is 0 Å². The van der Waals surface area contributed by atoms with Crippen LogP contribution in [0.15, 0.2) is 35.5 Å². The molecule has 0 radical (unpaired) electrons. The minimum atomic E-state index is -1.02. The van der Waals surface area contributed by atoms with Gasteiger partial charge in [0.2, 0.25) is 5.91 Å². The SMILES string of the molecule is CC1=C(C(=O)O)CC(=O)N1CCc1cccc(Cl)c1. The molecule has 1 aliphatic rings. The normalized spacial score (nSPS) is 15.3. The Bertz CT molecular complexity index is 566. The van der Waals surface area contributed by atoms with Gasteiger partial charge in [-0.3, -0.25) is 4.79 Å². The molecule has 5 heteroatoms. The Kier molecular flexibility index (Phi) is 3.90. The highest BCUT2D eigenvalue weighted by atomic mass is 35.5. The Morgan fingerprint density at radius 3 is 2.79 bits per heavy atom. The van der Waals surface area contributed by atoms with Gasteiger partial charge in [-0.05, 0) is 31.0 Å². The molecule has 1 aliphatic heterocycles. The number of rotatable bonds is 4. The number of aliphatic carboxylic acids is 1. The first-order valence-electron chi connectivity index (χ1n) is 5.97. The number of halogens is 1.